The fraction of sp³-hybridized carbons (Fsp3) is 0.476. The maximum Gasteiger partial charge on any atom is 0.284 e. The summed E-state index contributed by atoms with van der Waals surface area (Å²) in [7, 11) is 0. The summed E-state index contributed by atoms with van der Waals surface area (Å²) in [6.45, 7) is 7.08. The number of hydrogen-bond acceptors (Lipinski definition) is 6. The Morgan fingerprint density at radius 2 is 2.14 bits per heavy atom. The number of hydrogen-bond donors (Lipinski definition) is 3. The van der Waals surface area contributed by atoms with Crippen LogP contribution in [0.3, 0.4) is 0 Å². The number of nitrogens with one attached hydrogen (secondary N) is 2. The summed E-state index contributed by atoms with van der Waals surface area (Å²) in [6.07, 6.45) is 2.52. The standard InChI is InChI=1S/C21H27N5O3/c1-4-16-14(3)26(20(16)29-10-9-27)12-23-17-18(26)24-21(25-19(17)28)22-11-15-8-6-5-7-13(15)2/h5-8,12,14,16,20,27H,4,9-11H2,1-3H3,(H-,22,24,25,28)/p+1. The van der Waals surface area contributed by atoms with E-state index in [0.717, 1.165) is 12.0 Å². The van der Waals surface area contributed by atoms with Gasteiger partial charge in [0, 0.05) is 6.54 Å². The summed E-state index contributed by atoms with van der Waals surface area (Å²) in [5, 5.41) is 12.5. The van der Waals surface area contributed by atoms with Gasteiger partial charge in [0.15, 0.2) is 6.34 Å². The largest absolute Gasteiger partial charge is 0.394 e. The normalized spacial score (nSPS) is 27.1. The number of nitrogens with zero attached hydrogens (tertiary/aromatic N) is 3. The summed E-state index contributed by atoms with van der Waals surface area (Å²) in [5.74, 6) is 1.35. The second-order valence-electron chi connectivity index (χ2n) is 7.74. The van der Waals surface area contributed by atoms with Crippen molar-refractivity contribution >= 4 is 23.8 Å². The molecule has 1 saturated heterocycles. The smallest absolute Gasteiger partial charge is 0.284 e. The highest BCUT2D eigenvalue weighted by Crippen LogP contribution is 2.50. The van der Waals surface area contributed by atoms with Gasteiger partial charge in [0.1, 0.15) is 6.04 Å². The van der Waals surface area contributed by atoms with Crippen LogP contribution in [0.4, 0.5) is 17.5 Å². The lowest BCUT2D eigenvalue weighted by molar-refractivity contribution is -0.160. The van der Waals surface area contributed by atoms with Crippen LogP contribution in [0, 0.1) is 12.8 Å². The van der Waals surface area contributed by atoms with Crippen LogP contribution >= 0.6 is 0 Å². The number of aliphatic imine (C=N–C) groups is 1. The van der Waals surface area contributed by atoms with E-state index in [-0.39, 0.29) is 31.0 Å². The van der Waals surface area contributed by atoms with E-state index in [0.29, 0.717) is 34.4 Å². The third kappa shape index (κ3) is 3.08. The average molecular weight is 398 g/mol. The van der Waals surface area contributed by atoms with E-state index >= 15 is 0 Å². The molecule has 2 aromatic rings. The highest BCUT2D eigenvalue weighted by molar-refractivity contribution is 5.88. The van der Waals surface area contributed by atoms with Crippen molar-refractivity contribution in [2.24, 2.45) is 10.9 Å². The first-order valence-electron chi connectivity index (χ1n) is 10.1. The minimum atomic E-state index is -0.262. The number of aliphatic hydroxyl groups is 1. The van der Waals surface area contributed by atoms with Crippen LogP contribution in [0.2, 0.25) is 0 Å². The van der Waals surface area contributed by atoms with Gasteiger partial charge in [0.25, 0.3) is 11.4 Å². The topological polar surface area (TPSA) is 99.6 Å². The van der Waals surface area contributed by atoms with E-state index < -0.39 is 0 Å². The molecule has 0 saturated carbocycles. The molecule has 1 spiro atoms. The number of ether oxygens (including phenoxy) is 1. The maximum absolute atomic E-state index is 12.7. The number of aromatic amines is 1. The molecule has 29 heavy (non-hydrogen) atoms. The van der Waals surface area contributed by atoms with Crippen molar-refractivity contribution in [3.8, 4) is 0 Å². The monoisotopic (exact) mass is 398 g/mol. The predicted molar refractivity (Wildman–Crippen MR) is 113 cm³/mol. The Bertz CT molecular complexity index is 989. The summed E-state index contributed by atoms with van der Waals surface area (Å²) < 4.78 is 6.28. The van der Waals surface area contributed by atoms with Gasteiger partial charge in [-0.2, -0.15) is 9.98 Å². The Morgan fingerprint density at radius 3 is 2.86 bits per heavy atom. The van der Waals surface area contributed by atoms with Gasteiger partial charge < -0.3 is 15.2 Å². The molecule has 2 aliphatic rings. The molecular weight excluding hydrogens is 370 g/mol. The van der Waals surface area contributed by atoms with Gasteiger partial charge in [-0.05, 0) is 31.4 Å². The number of anilines is 1. The van der Waals surface area contributed by atoms with Gasteiger partial charge in [-0.3, -0.25) is 9.78 Å². The first-order valence-corrected chi connectivity index (χ1v) is 10.1. The van der Waals surface area contributed by atoms with Crippen LogP contribution in [0.5, 0.6) is 0 Å². The molecule has 4 unspecified atom stereocenters. The van der Waals surface area contributed by atoms with Crippen molar-refractivity contribution < 1.29 is 9.84 Å². The van der Waals surface area contributed by atoms with E-state index in [1.165, 1.54) is 5.56 Å². The third-order valence-electron chi connectivity index (χ3n) is 6.26. The van der Waals surface area contributed by atoms with E-state index in [1.807, 2.05) is 18.2 Å². The highest BCUT2D eigenvalue weighted by atomic mass is 16.5. The SMILES string of the molecule is CCC1C(C)[N+]2(C=Nc3c2nc(NCc2ccccc2C)[nH]c3=O)C1OCCO. The Morgan fingerprint density at radius 1 is 1.34 bits per heavy atom. The van der Waals surface area contributed by atoms with Gasteiger partial charge in [0.05, 0.1) is 19.1 Å². The van der Waals surface area contributed by atoms with Gasteiger partial charge in [-0.15, -0.1) is 0 Å². The molecule has 0 bridgehead atoms. The average Bonchev–Trinajstić information content (AvgIpc) is 3.12. The first kappa shape index (κ1) is 19.8. The number of quaternary nitrogens is 1. The molecule has 4 atom stereocenters. The van der Waals surface area contributed by atoms with Crippen LogP contribution in [0.15, 0.2) is 34.1 Å². The van der Waals surface area contributed by atoms with Crippen LogP contribution in [-0.2, 0) is 11.3 Å². The number of H-pyrrole nitrogens is 1. The molecule has 2 aliphatic heterocycles. The van der Waals surface area contributed by atoms with Gasteiger partial charge in [-0.1, -0.05) is 31.2 Å². The first-order chi connectivity index (χ1) is 14.0. The summed E-state index contributed by atoms with van der Waals surface area (Å²) in [5.41, 5.74) is 2.39. The Balaban J connectivity index is 1.65. The van der Waals surface area contributed by atoms with Crippen molar-refractivity contribution in [2.75, 3.05) is 18.5 Å². The van der Waals surface area contributed by atoms with Crippen molar-refractivity contribution in [1.82, 2.24) is 14.5 Å². The van der Waals surface area contributed by atoms with Crippen LogP contribution in [-0.4, -0.2) is 46.9 Å². The number of aliphatic hydroxyl groups excluding tert-OH is 1. The Hall–Kier alpha value is -2.55. The molecule has 0 aliphatic carbocycles. The fourth-order valence-corrected chi connectivity index (χ4v) is 4.57. The minimum absolute atomic E-state index is 0.0443. The molecular formula is C21H28N5O3+. The highest BCUT2D eigenvalue weighted by Gasteiger charge is 2.65. The zero-order valence-corrected chi connectivity index (χ0v) is 17.1. The van der Waals surface area contributed by atoms with E-state index in [9.17, 15) is 9.90 Å². The molecule has 8 heteroatoms. The number of rotatable bonds is 7. The summed E-state index contributed by atoms with van der Waals surface area (Å²) >= 11 is 0. The van der Waals surface area contributed by atoms with Gasteiger partial charge in [-0.25, -0.2) is 4.48 Å². The number of aromatic nitrogens is 2. The van der Waals surface area contributed by atoms with Crippen LogP contribution in [0.1, 0.15) is 31.4 Å². The lowest BCUT2D eigenvalue weighted by atomic mass is 9.82. The molecule has 3 heterocycles. The molecule has 1 fully saturated rings. The van der Waals surface area contributed by atoms with Crippen LogP contribution in [0.25, 0.3) is 0 Å². The van der Waals surface area contributed by atoms with Gasteiger partial charge in [0.2, 0.25) is 17.9 Å². The van der Waals surface area contributed by atoms with E-state index in [4.69, 9.17) is 9.72 Å². The lowest BCUT2D eigenvalue weighted by Crippen LogP contribution is -2.77. The predicted octanol–water partition coefficient (Wildman–Crippen LogP) is 2.43. The Kier molecular flexibility index (Phi) is 5.24. The Labute approximate surface area is 169 Å². The lowest BCUT2D eigenvalue weighted by Gasteiger charge is -2.55. The molecule has 4 rings (SSSR count). The second kappa shape index (κ2) is 7.70. The molecule has 1 aromatic carbocycles. The van der Waals surface area contributed by atoms with Crippen molar-refractivity contribution in [2.45, 2.75) is 46.0 Å². The zero-order valence-electron chi connectivity index (χ0n) is 17.1. The summed E-state index contributed by atoms with van der Waals surface area (Å²) in [4.78, 5) is 24.6. The molecule has 8 nitrogen and oxygen atoms in total. The maximum atomic E-state index is 12.7. The number of fused-ring (bicyclic) bond motifs is 2. The van der Waals surface area contributed by atoms with Crippen LogP contribution < -0.4 is 15.4 Å². The molecule has 154 valence electrons. The quantitative estimate of drug-likeness (QED) is 0.622. The molecule has 3 N–H and O–H groups in total. The van der Waals surface area contributed by atoms with Crippen molar-refractivity contribution in [1.29, 1.82) is 0 Å². The second-order valence-corrected chi connectivity index (χ2v) is 7.74. The molecule has 0 amide bonds. The van der Waals surface area contributed by atoms with E-state index in [2.05, 4.69) is 42.1 Å². The zero-order chi connectivity index (χ0) is 20.6. The number of benzene rings is 1. The van der Waals surface area contributed by atoms with Crippen molar-refractivity contribution in [3.63, 3.8) is 0 Å². The number of aryl methyl sites for hydroxylation is 1. The molecule has 1 aromatic heterocycles. The minimum Gasteiger partial charge on any atom is -0.394 e. The fourth-order valence-electron chi connectivity index (χ4n) is 4.57. The van der Waals surface area contributed by atoms with Crippen molar-refractivity contribution in [3.05, 3.63) is 45.7 Å². The third-order valence-corrected chi connectivity index (χ3v) is 6.26. The molecule has 0 radical (unpaired) electrons. The van der Waals surface area contributed by atoms with Gasteiger partial charge >= 0.3 is 0 Å². The summed E-state index contributed by atoms with van der Waals surface area (Å²) in [6, 6.07) is 8.29. The van der Waals surface area contributed by atoms with E-state index in [1.54, 1.807) is 6.34 Å².